The predicted octanol–water partition coefficient (Wildman–Crippen LogP) is 0.956. The van der Waals surface area contributed by atoms with Crippen LogP contribution in [-0.4, -0.2) is 34.0 Å². The number of amides is 1. The standard InChI is InChI=1S/C10H12F2N2O3/c1-6(10(16)17)13-9(15)7-3-2-4-14(7)5-8(11)12/h2-4,6,8H,5H2,1H3,(H,13,15)(H,16,17)/t6-/m0/s1. The third-order valence-electron chi connectivity index (χ3n) is 2.11. The molecule has 1 amide bonds. The van der Waals surface area contributed by atoms with Crippen molar-refractivity contribution in [3.05, 3.63) is 24.0 Å². The molecule has 0 spiro atoms. The van der Waals surface area contributed by atoms with Gasteiger partial charge in [0.05, 0.1) is 6.54 Å². The van der Waals surface area contributed by atoms with Gasteiger partial charge >= 0.3 is 5.97 Å². The molecule has 1 atom stereocenters. The second kappa shape index (κ2) is 5.42. The normalized spacial score (nSPS) is 12.5. The van der Waals surface area contributed by atoms with Crippen LogP contribution in [0.1, 0.15) is 17.4 Å². The number of nitrogens with zero attached hydrogens (tertiary/aromatic N) is 1. The highest BCUT2D eigenvalue weighted by Gasteiger charge is 2.18. The van der Waals surface area contributed by atoms with Gasteiger partial charge in [-0.05, 0) is 19.1 Å². The molecule has 0 unspecified atom stereocenters. The van der Waals surface area contributed by atoms with Crippen LogP contribution in [-0.2, 0) is 11.3 Å². The van der Waals surface area contributed by atoms with Gasteiger partial charge in [-0.3, -0.25) is 9.59 Å². The molecule has 0 aromatic carbocycles. The van der Waals surface area contributed by atoms with Gasteiger partial charge in [-0.25, -0.2) is 8.78 Å². The van der Waals surface area contributed by atoms with Crippen molar-refractivity contribution in [3.8, 4) is 0 Å². The molecule has 0 saturated carbocycles. The van der Waals surface area contributed by atoms with E-state index >= 15 is 0 Å². The summed E-state index contributed by atoms with van der Waals surface area (Å²) in [6.07, 6.45) is -1.24. The fourth-order valence-corrected chi connectivity index (χ4v) is 1.26. The van der Waals surface area contributed by atoms with E-state index in [1.54, 1.807) is 0 Å². The zero-order valence-electron chi connectivity index (χ0n) is 9.06. The number of nitrogens with one attached hydrogen (secondary N) is 1. The van der Waals surface area contributed by atoms with Crippen molar-refractivity contribution in [2.45, 2.75) is 25.9 Å². The second-order valence-electron chi connectivity index (χ2n) is 3.47. The Hall–Kier alpha value is -1.92. The van der Waals surface area contributed by atoms with Crippen molar-refractivity contribution in [1.29, 1.82) is 0 Å². The molecular formula is C10H12F2N2O3. The van der Waals surface area contributed by atoms with Gasteiger partial charge in [0, 0.05) is 6.20 Å². The number of hydrogen-bond acceptors (Lipinski definition) is 2. The highest BCUT2D eigenvalue weighted by atomic mass is 19.3. The van der Waals surface area contributed by atoms with Crippen LogP contribution in [0.25, 0.3) is 0 Å². The number of aromatic nitrogens is 1. The Morgan fingerprint density at radius 2 is 2.18 bits per heavy atom. The number of carboxylic acid groups (broad SMARTS) is 1. The molecule has 1 heterocycles. The van der Waals surface area contributed by atoms with Gasteiger partial charge in [0.2, 0.25) is 0 Å². The SMILES string of the molecule is C[C@H](NC(=O)c1cccn1CC(F)F)C(=O)O. The molecular weight excluding hydrogens is 234 g/mol. The molecule has 0 bridgehead atoms. The zero-order chi connectivity index (χ0) is 13.0. The molecule has 5 nitrogen and oxygen atoms in total. The van der Waals surface area contributed by atoms with E-state index in [9.17, 15) is 18.4 Å². The van der Waals surface area contributed by atoms with Gasteiger partial charge in [-0.2, -0.15) is 0 Å². The average Bonchev–Trinajstić information content (AvgIpc) is 2.64. The summed E-state index contributed by atoms with van der Waals surface area (Å²) >= 11 is 0. The Morgan fingerprint density at radius 3 is 2.71 bits per heavy atom. The van der Waals surface area contributed by atoms with Crippen molar-refractivity contribution < 1.29 is 23.5 Å². The van der Waals surface area contributed by atoms with E-state index < -0.39 is 30.9 Å². The smallest absolute Gasteiger partial charge is 0.325 e. The highest BCUT2D eigenvalue weighted by molar-refractivity contribution is 5.95. The average molecular weight is 246 g/mol. The first-order chi connectivity index (χ1) is 7.91. The summed E-state index contributed by atoms with van der Waals surface area (Å²) in [5.41, 5.74) is 0.0124. The van der Waals surface area contributed by atoms with E-state index in [0.717, 1.165) is 4.57 Å². The first-order valence-electron chi connectivity index (χ1n) is 4.88. The summed E-state index contributed by atoms with van der Waals surface area (Å²) in [5, 5.41) is 10.8. The Bertz CT molecular complexity index is 417. The number of carbonyl (C=O) groups is 2. The maximum absolute atomic E-state index is 12.2. The lowest BCUT2D eigenvalue weighted by Crippen LogP contribution is -2.39. The zero-order valence-corrected chi connectivity index (χ0v) is 9.06. The van der Waals surface area contributed by atoms with Crippen LogP contribution in [0.4, 0.5) is 8.78 Å². The number of carbonyl (C=O) groups excluding carboxylic acids is 1. The van der Waals surface area contributed by atoms with E-state index in [1.165, 1.54) is 25.3 Å². The summed E-state index contributed by atoms with van der Waals surface area (Å²) in [6, 6.07) is 1.73. The molecule has 0 aliphatic rings. The number of carboxylic acids is 1. The maximum Gasteiger partial charge on any atom is 0.325 e. The van der Waals surface area contributed by atoms with Crippen molar-refractivity contribution in [3.63, 3.8) is 0 Å². The largest absolute Gasteiger partial charge is 0.480 e. The van der Waals surface area contributed by atoms with Gasteiger partial charge < -0.3 is 15.0 Å². The third kappa shape index (κ3) is 3.54. The minimum atomic E-state index is -2.58. The van der Waals surface area contributed by atoms with Gasteiger partial charge in [-0.15, -0.1) is 0 Å². The van der Waals surface area contributed by atoms with Crippen molar-refractivity contribution >= 4 is 11.9 Å². The molecule has 17 heavy (non-hydrogen) atoms. The Balaban J connectivity index is 2.75. The fraction of sp³-hybridized carbons (Fsp3) is 0.400. The second-order valence-corrected chi connectivity index (χ2v) is 3.47. The molecule has 0 radical (unpaired) electrons. The number of hydrogen-bond donors (Lipinski definition) is 2. The van der Waals surface area contributed by atoms with Crippen LogP contribution in [0, 0.1) is 0 Å². The monoisotopic (exact) mass is 246 g/mol. The Morgan fingerprint density at radius 1 is 1.53 bits per heavy atom. The molecule has 1 aromatic heterocycles. The van der Waals surface area contributed by atoms with Gasteiger partial charge in [-0.1, -0.05) is 0 Å². The quantitative estimate of drug-likeness (QED) is 0.812. The Labute approximate surface area is 96.0 Å². The summed E-state index contributed by atoms with van der Waals surface area (Å²) in [7, 11) is 0. The minimum absolute atomic E-state index is 0.0124. The first kappa shape index (κ1) is 13.1. The van der Waals surface area contributed by atoms with Gasteiger partial charge in [0.1, 0.15) is 11.7 Å². The van der Waals surface area contributed by atoms with Crippen LogP contribution in [0.3, 0.4) is 0 Å². The van der Waals surface area contributed by atoms with Gasteiger partial charge in [0.25, 0.3) is 12.3 Å². The summed E-state index contributed by atoms with van der Waals surface area (Å²) in [5.74, 6) is -1.88. The molecule has 1 rings (SSSR count). The van der Waals surface area contributed by atoms with Crippen molar-refractivity contribution in [1.82, 2.24) is 9.88 Å². The van der Waals surface area contributed by atoms with E-state index in [1.807, 2.05) is 0 Å². The topological polar surface area (TPSA) is 71.3 Å². The van der Waals surface area contributed by atoms with Crippen LogP contribution in [0.5, 0.6) is 0 Å². The molecule has 0 aliphatic carbocycles. The molecule has 0 aliphatic heterocycles. The molecule has 94 valence electrons. The molecule has 1 aromatic rings. The molecule has 0 saturated heterocycles. The third-order valence-corrected chi connectivity index (χ3v) is 2.11. The van der Waals surface area contributed by atoms with Crippen LogP contribution < -0.4 is 5.32 Å². The number of aliphatic carboxylic acids is 1. The molecule has 2 N–H and O–H groups in total. The molecule has 0 fully saturated rings. The van der Waals surface area contributed by atoms with Crippen molar-refractivity contribution in [2.75, 3.05) is 0 Å². The minimum Gasteiger partial charge on any atom is -0.480 e. The number of rotatable bonds is 5. The van der Waals surface area contributed by atoms with E-state index in [4.69, 9.17) is 5.11 Å². The summed E-state index contributed by atoms with van der Waals surface area (Å²) < 4.78 is 25.4. The van der Waals surface area contributed by atoms with Crippen LogP contribution in [0.2, 0.25) is 0 Å². The lowest BCUT2D eigenvalue weighted by Gasteiger charge is -2.11. The number of halogens is 2. The summed E-state index contributed by atoms with van der Waals surface area (Å²) in [4.78, 5) is 22.1. The van der Waals surface area contributed by atoms with E-state index in [0.29, 0.717) is 0 Å². The lowest BCUT2D eigenvalue weighted by molar-refractivity contribution is -0.138. The van der Waals surface area contributed by atoms with E-state index in [2.05, 4.69) is 5.32 Å². The number of alkyl halides is 2. The highest BCUT2D eigenvalue weighted by Crippen LogP contribution is 2.06. The van der Waals surface area contributed by atoms with Crippen molar-refractivity contribution in [2.24, 2.45) is 0 Å². The summed E-state index contributed by atoms with van der Waals surface area (Å²) in [6.45, 7) is 0.692. The van der Waals surface area contributed by atoms with Crippen LogP contribution in [0.15, 0.2) is 18.3 Å². The lowest BCUT2D eigenvalue weighted by atomic mass is 10.3. The molecule has 7 heteroatoms. The first-order valence-corrected chi connectivity index (χ1v) is 4.88. The van der Waals surface area contributed by atoms with E-state index in [-0.39, 0.29) is 5.69 Å². The Kier molecular flexibility index (Phi) is 4.19. The predicted molar refractivity (Wildman–Crippen MR) is 55.0 cm³/mol. The fourth-order valence-electron chi connectivity index (χ4n) is 1.26. The maximum atomic E-state index is 12.2. The van der Waals surface area contributed by atoms with Crippen LogP contribution >= 0.6 is 0 Å². The van der Waals surface area contributed by atoms with Gasteiger partial charge in [0.15, 0.2) is 0 Å².